The van der Waals surface area contributed by atoms with Gasteiger partial charge in [-0.3, -0.25) is 14.4 Å². The molecule has 1 aliphatic rings. The van der Waals surface area contributed by atoms with Crippen molar-refractivity contribution < 1.29 is 23.9 Å². The Morgan fingerprint density at radius 2 is 1.31 bits per heavy atom. The van der Waals surface area contributed by atoms with Crippen LogP contribution in [-0.4, -0.2) is 76.2 Å². The second kappa shape index (κ2) is 14.2. The first-order valence-electron chi connectivity index (χ1n) is 13.7. The van der Waals surface area contributed by atoms with Gasteiger partial charge in [-0.2, -0.15) is 0 Å². The van der Waals surface area contributed by atoms with E-state index in [1.807, 2.05) is 0 Å². The smallest absolute Gasteiger partial charge is 0.222 e. The number of carbonyl (C=O) groups is 3. The number of hydrogen-bond donors (Lipinski definition) is 2. The molecular formula is C31H43N3O5. The van der Waals surface area contributed by atoms with Crippen LogP contribution in [0.25, 0.3) is 11.1 Å². The van der Waals surface area contributed by atoms with Gasteiger partial charge in [0, 0.05) is 65.6 Å². The number of methoxy groups -OCH3 is 2. The Morgan fingerprint density at radius 3 is 1.82 bits per heavy atom. The van der Waals surface area contributed by atoms with Gasteiger partial charge in [-0.15, -0.1) is 0 Å². The van der Waals surface area contributed by atoms with E-state index in [2.05, 4.69) is 60.9 Å². The van der Waals surface area contributed by atoms with Crippen molar-refractivity contribution in [3.63, 3.8) is 0 Å². The van der Waals surface area contributed by atoms with E-state index in [0.717, 1.165) is 11.1 Å². The SMILES string of the molecule is COCCN(CCOC)C(=O)CCC1(CCC(=O)NCCNC(C)=O)c2cc(C)ccc2-c2ccc(C)cc21. The van der Waals surface area contributed by atoms with Gasteiger partial charge in [0.1, 0.15) is 0 Å². The Kier molecular flexibility index (Phi) is 11.1. The molecule has 0 radical (unpaired) electrons. The molecule has 1 aliphatic carbocycles. The highest BCUT2D eigenvalue weighted by Crippen LogP contribution is 2.54. The maximum atomic E-state index is 13.5. The lowest BCUT2D eigenvalue weighted by atomic mass is 9.70. The number of fused-ring (bicyclic) bond motifs is 3. The van der Waals surface area contributed by atoms with Crippen molar-refractivity contribution >= 4 is 17.7 Å². The number of nitrogens with zero attached hydrogens (tertiary/aromatic N) is 1. The van der Waals surface area contributed by atoms with E-state index in [1.165, 1.54) is 29.2 Å². The molecule has 0 saturated heterocycles. The fraction of sp³-hybridized carbons (Fsp3) is 0.516. The lowest BCUT2D eigenvalue weighted by Gasteiger charge is -2.33. The summed E-state index contributed by atoms with van der Waals surface area (Å²) in [5.74, 6) is -0.135. The van der Waals surface area contributed by atoms with Crippen LogP contribution < -0.4 is 10.6 Å². The minimum atomic E-state index is -0.471. The fourth-order valence-electron chi connectivity index (χ4n) is 5.48. The number of nitrogens with one attached hydrogen (secondary N) is 2. The first-order valence-corrected chi connectivity index (χ1v) is 13.7. The van der Waals surface area contributed by atoms with Gasteiger partial charge in [-0.1, -0.05) is 47.5 Å². The molecule has 3 rings (SSSR count). The number of amides is 3. The summed E-state index contributed by atoms with van der Waals surface area (Å²) in [6.07, 6.45) is 1.83. The van der Waals surface area contributed by atoms with Crippen LogP contribution in [0.5, 0.6) is 0 Å². The molecule has 0 bridgehead atoms. The third-order valence-electron chi connectivity index (χ3n) is 7.52. The van der Waals surface area contributed by atoms with Crippen LogP contribution in [0.4, 0.5) is 0 Å². The number of hydrogen-bond acceptors (Lipinski definition) is 5. The fourth-order valence-corrected chi connectivity index (χ4v) is 5.48. The van der Waals surface area contributed by atoms with Crippen LogP contribution in [0.2, 0.25) is 0 Å². The predicted octanol–water partition coefficient (Wildman–Crippen LogP) is 3.50. The quantitative estimate of drug-likeness (QED) is 0.339. The zero-order valence-electron chi connectivity index (χ0n) is 24.0. The van der Waals surface area contributed by atoms with Crippen molar-refractivity contribution in [2.45, 2.75) is 51.9 Å². The summed E-state index contributed by atoms with van der Waals surface area (Å²) in [5.41, 5.74) is 6.53. The highest BCUT2D eigenvalue weighted by Gasteiger charge is 2.43. The highest BCUT2D eigenvalue weighted by atomic mass is 16.5. The van der Waals surface area contributed by atoms with E-state index in [-0.39, 0.29) is 17.7 Å². The summed E-state index contributed by atoms with van der Waals surface area (Å²) < 4.78 is 10.5. The normalized spacial score (nSPS) is 12.9. The predicted molar refractivity (Wildman–Crippen MR) is 153 cm³/mol. The second-order valence-corrected chi connectivity index (χ2v) is 10.4. The molecule has 3 amide bonds. The second-order valence-electron chi connectivity index (χ2n) is 10.4. The van der Waals surface area contributed by atoms with Crippen molar-refractivity contribution in [1.29, 1.82) is 0 Å². The summed E-state index contributed by atoms with van der Waals surface area (Å²) in [4.78, 5) is 39.3. The number of aryl methyl sites for hydroxylation is 2. The van der Waals surface area contributed by atoms with Crippen molar-refractivity contribution in [2.75, 3.05) is 53.6 Å². The molecule has 0 spiro atoms. The van der Waals surface area contributed by atoms with E-state index in [9.17, 15) is 14.4 Å². The summed E-state index contributed by atoms with van der Waals surface area (Å²) in [5, 5.41) is 5.63. The average Bonchev–Trinajstić information content (AvgIpc) is 3.16. The Hall–Kier alpha value is -3.23. The largest absolute Gasteiger partial charge is 0.383 e. The summed E-state index contributed by atoms with van der Waals surface area (Å²) in [6.45, 7) is 8.32. The molecule has 0 saturated carbocycles. The molecule has 2 aromatic rings. The zero-order chi connectivity index (χ0) is 28.4. The first-order chi connectivity index (χ1) is 18.7. The van der Waals surface area contributed by atoms with E-state index < -0.39 is 5.41 Å². The number of ether oxygens (including phenoxy) is 2. The van der Waals surface area contributed by atoms with Gasteiger partial charge in [0.25, 0.3) is 0 Å². The van der Waals surface area contributed by atoms with Crippen molar-refractivity contribution in [2.24, 2.45) is 0 Å². The van der Waals surface area contributed by atoms with Gasteiger partial charge in [0.2, 0.25) is 17.7 Å². The van der Waals surface area contributed by atoms with Gasteiger partial charge >= 0.3 is 0 Å². The van der Waals surface area contributed by atoms with Crippen LogP contribution in [0, 0.1) is 13.8 Å². The average molecular weight is 538 g/mol. The van der Waals surface area contributed by atoms with Crippen LogP contribution in [-0.2, 0) is 29.3 Å². The van der Waals surface area contributed by atoms with Gasteiger partial charge in [-0.05, 0) is 48.9 Å². The highest BCUT2D eigenvalue weighted by molar-refractivity contribution is 5.84. The minimum Gasteiger partial charge on any atom is -0.383 e. The molecule has 0 aromatic heterocycles. The topological polar surface area (TPSA) is 97.0 Å². The molecule has 0 fully saturated rings. The van der Waals surface area contributed by atoms with Crippen molar-refractivity contribution in [3.05, 3.63) is 58.7 Å². The first kappa shape index (κ1) is 30.3. The Labute approximate surface area is 232 Å². The molecule has 0 aliphatic heterocycles. The Bertz CT molecular complexity index is 1100. The molecule has 2 aromatic carbocycles. The maximum Gasteiger partial charge on any atom is 0.222 e. The Morgan fingerprint density at radius 1 is 0.795 bits per heavy atom. The molecule has 8 heteroatoms. The van der Waals surface area contributed by atoms with Crippen molar-refractivity contribution in [3.8, 4) is 11.1 Å². The van der Waals surface area contributed by atoms with E-state index >= 15 is 0 Å². The monoisotopic (exact) mass is 537 g/mol. The van der Waals surface area contributed by atoms with Crippen LogP contribution >= 0.6 is 0 Å². The van der Waals surface area contributed by atoms with E-state index in [4.69, 9.17) is 9.47 Å². The van der Waals surface area contributed by atoms with Gasteiger partial charge in [0.05, 0.1) is 13.2 Å². The van der Waals surface area contributed by atoms with Crippen molar-refractivity contribution in [1.82, 2.24) is 15.5 Å². The molecule has 0 unspecified atom stereocenters. The van der Waals surface area contributed by atoms with Gasteiger partial charge in [0.15, 0.2) is 0 Å². The third kappa shape index (κ3) is 7.67. The van der Waals surface area contributed by atoms with Crippen LogP contribution in [0.3, 0.4) is 0 Å². The van der Waals surface area contributed by atoms with Gasteiger partial charge < -0.3 is 25.0 Å². The Balaban J connectivity index is 1.91. The molecule has 212 valence electrons. The third-order valence-corrected chi connectivity index (χ3v) is 7.52. The minimum absolute atomic E-state index is 0.0542. The molecule has 2 N–H and O–H groups in total. The summed E-state index contributed by atoms with van der Waals surface area (Å²) >= 11 is 0. The molecule has 8 nitrogen and oxygen atoms in total. The van der Waals surface area contributed by atoms with E-state index in [0.29, 0.717) is 65.1 Å². The maximum absolute atomic E-state index is 13.5. The molecule has 0 heterocycles. The van der Waals surface area contributed by atoms with Crippen LogP contribution in [0.1, 0.15) is 54.9 Å². The number of benzene rings is 2. The molecular weight excluding hydrogens is 494 g/mol. The van der Waals surface area contributed by atoms with Crippen LogP contribution in [0.15, 0.2) is 36.4 Å². The zero-order valence-corrected chi connectivity index (χ0v) is 24.0. The van der Waals surface area contributed by atoms with E-state index in [1.54, 1.807) is 19.1 Å². The number of carbonyl (C=O) groups excluding carboxylic acids is 3. The van der Waals surface area contributed by atoms with Gasteiger partial charge in [-0.25, -0.2) is 0 Å². The molecule has 39 heavy (non-hydrogen) atoms. The molecule has 0 atom stereocenters. The lowest BCUT2D eigenvalue weighted by molar-refractivity contribution is -0.132. The summed E-state index contributed by atoms with van der Waals surface area (Å²) in [6, 6.07) is 13.0. The number of rotatable bonds is 15. The summed E-state index contributed by atoms with van der Waals surface area (Å²) in [7, 11) is 3.26. The standard InChI is InChI=1S/C31H43N3O5/c1-22-6-8-25-26-9-7-23(2)21-28(26)31(27(25)20-22,12-10-29(36)33-15-14-32-24(3)35)13-11-30(37)34(16-18-38-4)17-19-39-5/h6-9,20-21H,10-19H2,1-5H3,(H,32,35)(H,33,36). The lowest BCUT2D eigenvalue weighted by Crippen LogP contribution is -2.38.